The van der Waals surface area contributed by atoms with Crippen molar-refractivity contribution in [1.82, 2.24) is 19.1 Å². The maximum atomic E-state index is 13.0. The van der Waals surface area contributed by atoms with Crippen LogP contribution < -0.4 is 15.6 Å². The molecule has 0 spiro atoms. The second kappa shape index (κ2) is 11.6. The Morgan fingerprint density at radius 2 is 1.94 bits per heavy atom. The highest BCUT2D eigenvalue weighted by molar-refractivity contribution is 6.30. The monoisotopic (exact) mass is 508 g/mol. The van der Waals surface area contributed by atoms with E-state index < -0.39 is 12.2 Å². The summed E-state index contributed by atoms with van der Waals surface area (Å²) in [5, 5.41) is 3.85. The Bertz CT molecular complexity index is 1440. The van der Waals surface area contributed by atoms with Crippen LogP contribution >= 0.6 is 11.6 Å². The number of aromatic nitrogens is 4. The zero-order valence-corrected chi connectivity index (χ0v) is 20.7. The molecule has 0 atom stereocenters. The number of benzene rings is 2. The van der Waals surface area contributed by atoms with Crippen LogP contribution in [0.1, 0.15) is 18.9 Å². The fraction of sp³-hybridized carbons (Fsp3) is 0.231. The second-order valence-corrected chi connectivity index (χ2v) is 8.36. The van der Waals surface area contributed by atoms with Crippen molar-refractivity contribution < 1.29 is 9.13 Å². The maximum absolute atomic E-state index is 13.0. The van der Waals surface area contributed by atoms with E-state index in [2.05, 4.69) is 20.3 Å². The fourth-order valence-corrected chi connectivity index (χ4v) is 3.79. The number of alkyl halides is 1. The molecule has 8 nitrogen and oxygen atoms in total. The van der Waals surface area contributed by atoms with E-state index in [1.54, 1.807) is 48.3 Å². The number of imidazole rings is 1. The van der Waals surface area contributed by atoms with Gasteiger partial charge in [-0.3, -0.25) is 18.7 Å². The van der Waals surface area contributed by atoms with E-state index in [0.717, 1.165) is 5.56 Å². The lowest BCUT2D eigenvalue weighted by Crippen LogP contribution is -2.20. The Kier molecular flexibility index (Phi) is 8.12. The third kappa shape index (κ3) is 5.80. The van der Waals surface area contributed by atoms with Gasteiger partial charge in [-0.05, 0) is 61.4 Å². The number of anilines is 2. The van der Waals surface area contributed by atoms with E-state index in [9.17, 15) is 9.18 Å². The summed E-state index contributed by atoms with van der Waals surface area (Å²) in [5.74, 6) is 1.44. The van der Waals surface area contributed by atoms with Crippen LogP contribution in [0.3, 0.4) is 0 Å². The molecule has 4 rings (SSSR count). The first-order valence-electron chi connectivity index (χ1n) is 11.4. The number of allylic oxidation sites excluding steroid dienone is 1. The first kappa shape index (κ1) is 25.1. The Morgan fingerprint density at radius 1 is 1.19 bits per heavy atom. The number of nitrogens with zero attached hydrogens (tertiary/aromatic N) is 5. The van der Waals surface area contributed by atoms with Gasteiger partial charge in [-0.25, -0.2) is 4.98 Å². The van der Waals surface area contributed by atoms with Crippen molar-refractivity contribution in [2.75, 3.05) is 19.0 Å². The average Bonchev–Trinajstić information content (AvgIpc) is 3.31. The molecule has 0 fully saturated rings. The molecular formula is C26H26ClFN6O2. The van der Waals surface area contributed by atoms with Crippen molar-refractivity contribution in [3.63, 3.8) is 0 Å². The molecule has 2 aromatic carbocycles. The van der Waals surface area contributed by atoms with Gasteiger partial charge in [0.2, 0.25) is 11.8 Å². The lowest BCUT2D eigenvalue weighted by atomic mass is 10.2. The first-order valence-corrected chi connectivity index (χ1v) is 11.8. The van der Waals surface area contributed by atoms with Gasteiger partial charge in [0.05, 0.1) is 19.5 Å². The summed E-state index contributed by atoms with van der Waals surface area (Å²) >= 11 is 6.05. The molecule has 0 aliphatic heterocycles. The van der Waals surface area contributed by atoms with Crippen LogP contribution in [-0.2, 0) is 13.1 Å². The van der Waals surface area contributed by atoms with Gasteiger partial charge in [0.25, 0.3) is 0 Å². The number of halogens is 2. The Morgan fingerprint density at radius 3 is 2.61 bits per heavy atom. The molecule has 0 aliphatic carbocycles. The lowest BCUT2D eigenvalue weighted by molar-refractivity contribution is 0.449. The highest BCUT2D eigenvalue weighted by Crippen LogP contribution is 2.23. The lowest BCUT2D eigenvalue weighted by Gasteiger charge is -2.16. The van der Waals surface area contributed by atoms with Crippen LogP contribution in [0.15, 0.2) is 76.8 Å². The molecule has 0 unspecified atom stereocenters. The van der Waals surface area contributed by atoms with Gasteiger partial charge in [0.15, 0.2) is 11.2 Å². The number of aryl methyl sites for hydroxylation is 1. The summed E-state index contributed by atoms with van der Waals surface area (Å²) in [6.45, 7) is 2.14. The second-order valence-electron chi connectivity index (χ2n) is 7.92. The SMILES string of the molecule is C/C=C\C(=NC)Oc1ccc(Nc2nc(=O)c3c(ncn3CCCF)n2Cc2ccc(Cl)cc2)cc1. The van der Waals surface area contributed by atoms with Gasteiger partial charge >= 0.3 is 5.56 Å². The molecular weight excluding hydrogens is 483 g/mol. The van der Waals surface area contributed by atoms with Gasteiger partial charge in [-0.15, -0.1) is 0 Å². The third-order valence-electron chi connectivity index (χ3n) is 5.39. The summed E-state index contributed by atoms with van der Waals surface area (Å²) in [6.07, 6.45) is 5.46. The van der Waals surface area contributed by atoms with E-state index in [0.29, 0.717) is 52.6 Å². The zero-order valence-electron chi connectivity index (χ0n) is 20.0. The number of hydrogen-bond acceptors (Lipinski definition) is 6. The molecule has 0 saturated heterocycles. The molecule has 4 aromatic rings. The van der Waals surface area contributed by atoms with Gasteiger partial charge in [-0.1, -0.05) is 29.8 Å². The summed E-state index contributed by atoms with van der Waals surface area (Å²) in [6, 6.07) is 14.6. The smallest absolute Gasteiger partial charge is 0.300 e. The normalized spacial score (nSPS) is 11.9. The number of ether oxygens (including phenoxy) is 1. The van der Waals surface area contributed by atoms with Crippen LogP contribution in [-0.4, -0.2) is 38.7 Å². The van der Waals surface area contributed by atoms with E-state index in [4.69, 9.17) is 16.3 Å². The van der Waals surface area contributed by atoms with Crippen LogP contribution in [0, 0.1) is 0 Å². The summed E-state index contributed by atoms with van der Waals surface area (Å²) in [4.78, 5) is 25.9. The highest BCUT2D eigenvalue weighted by atomic mass is 35.5. The number of fused-ring (bicyclic) bond motifs is 1. The number of hydrogen-bond donors (Lipinski definition) is 1. The largest absolute Gasteiger partial charge is 0.439 e. The van der Waals surface area contributed by atoms with Crippen molar-refractivity contribution >= 4 is 40.3 Å². The molecule has 10 heteroatoms. The minimum Gasteiger partial charge on any atom is -0.439 e. The molecule has 0 saturated carbocycles. The highest BCUT2D eigenvalue weighted by Gasteiger charge is 2.17. The average molecular weight is 509 g/mol. The van der Waals surface area contributed by atoms with Gasteiger partial charge in [0, 0.05) is 24.3 Å². The molecule has 2 heterocycles. The fourth-order valence-electron chi connectivity index (χ4n) is 3.67. The van der Waals surface area contributed by atoms with E-state index in [1.807, 2.05) is 41.8 Å². The summed E-state index contributed by atoms with van der Waals surface area (Å²) in [5.41, 5.74) is 2.01. The van der Waals surface area contributed by atoms with Crippen LogP contribution in [0.2, 0.25) is 5.02 Å². The summed E-state index contributed by atoms with van der Waals surface area (Å²) < 4.78 is 22.0. The number of nitrogens with one attached hydrogen (secondary N) is 1. The number of aliphatic imine (C=N–C) groups is 1. The molecule has 36 heavy (non-hydrogen) atoms. The Balaban J connectivity index is 1.70. The molecule has 0 aliphatic rings. The predicted octanol–water partition coefficient (Wildman–Crippen LogP) is 5.38. The van der Waals surface area contributed by atoms with Crippen molar-refractivity contribution in [3.8, 4) is 5.75 Å². The molecule has 0 bridgehead atoms. The Labute approximate surface area is 212 Å². The minimum atomic E-state index is -0.480. The Hall–Kier alpha value is -3.98. The molecule has 0 amide bonds. The van der Waals surface area contributed by atoms with Crippen LogP contribution in [0.25, 0.3) is 11.2 Å². The predicted molar refractivity (Wildman–Crippen MR) is 141 cm³/mol. The van der Waals surface area contributed by atoms with Crippen molar-refractivity contribution in [2.24, 2.45) is 4.99 Å². The standard InChI is InChI=1S/C26H26ClFN6O2/c1-3-5-22(29-2)36-21-12-10-20(11-13-21)31-26-32-25(35)23-24(30-17-33(23)15-4-14-28)34(26)16-18-6-8-19(27)9-7-18/h3,5-13,17H,4,14-16H2,1-2H3,(H,31,32,35)/b5-3-,29-22?. The van der Waals surface area contributed by atoms with Crippen molar-refractivity contribution in [1.29, 1.82) is 0 Å². The van der Waals surface area contributed by atoms with Crippen LogP contribution in [0.5, 0.6) is 5.75 Å². The van der Waals surface area contributed by atoms with E-state index in [-0.39, 0.29) is 6.42 Å². The maximum Gasteiger partial charge on any atom is 0.300 e. The molecule has 1 N–H and O–H groups in total. The quantitative estimate of drug-likeness (QED) is 0.242. The molecule has 0 radical (unpaired) electrons. The van der Waals surface area contributed by atoms with Crippen molar-refractivity contribution in [2.45, 2.75) is 26.4 Å². The van der Waals surface area contributed by atoms with Gasteiger partial charge in [0.1, 0.15) is 5.75 Å². The molecule has 186 valence electrons. The topological polar surface area (TPSA) is 86.3 Å². The van der Waals surface area contributed by atoms with Crippen LogP contribution in [0.4, 0.5) is 16.0 Å². The number of rotatable bonds is 9. The van der Waals surface area contributed by atoms with Gasteiger partial charge in [-0.2, -0.15) is 4.98 Å². The third-order valence-corrected chi connectivity index (χ3v) is 5.64. The zero-order chi connectivity index (χ0) is 25.5. The van der Waals surface area contributed by atoms with E-state index >= 15 is 0 Å². The first-order chi connectivity index (χ1) is 17.5. The van der Waals surface area contributed by atoms with E-state index in [1.165, 1.54) is 0 Å². The minimum absolute atomic E-state index is 0.287. The molecule has 2 aromatic heterocycles. The summed E-state index contributed by atoms with van der Waals surface area (Å²) in [7, 11) is 1.66. The van der Waals surface area contributed by atoms with Crippen molar-refractivity contribution in [3.05, 3.63) is 88.0 Å². The van der Waals surface area contributed by atoms with Gasteiger partial charge < -0.3 is 14.6 Å².